The molecule has 5 nitrogen and oxygen atoms in total. The molecule has 1 atom stereocenters. The summed E-state index contributed by atoms with van der Waals surface area (Å²) in [6, 6.07) is 8.92. The minimum absolute atomic E-state index is 0.0807. The minimum Gasteiger partial charge on any atom is -0.493 e. The van der Waals surface area contributed by atoms with E-state index in [9.17, 15) is 14.0 Å². The summed E-state index contributed by atoms with van der Waals surface area (Å²) < 4.78 is 19.8. The van der Waals surface area contributed by atoms with Crippen molar-refractivity contribution in [2.75, 3.05) is 7.11 Å². The van der Waals surface area contributed by atoms with Crippen LogP contribution in [0.1, 0.15) is 34.5 Å². The van der Waals surface area contributed by atoms with Crippen LogP contribution in [-0.2, 0) is 0 Å². The Labute approximate surface area is 143 Å². The van der Waals surface area contributed by atoms with Gasteiger partial charge in [-0.2, -0.15) is 0 Å². The Morgan fingerprint density at radius 1 is 1.16 bits per heavy atom. The van der Waals surface area contributed by atoms with E-state index < -0.39 is 17.6 Å². The molecule has 3 N–H and O–H groups in total. The lowest BCUT2D eigenvalue weighted by atomic mass is 9.95. The standard InChI is InChI=1S/C19H17FN2O3/c1-10(21)11-6-7-15(18(25-2)16(11)20)17(23)13-4-3-5-14-12(13)8-9-22-19(14)24/h3-10H,21H2,1-2H3,(H,22,24). The van der Waals surface area contributed by atoms with E-state index in [0.29, 0.717) is 16.3 Å². The average Bonchev–Trinajstić information content (AvgIpc) is 2.60. The van der Waals surface area contributed by atoms with E-state index in [1.54, 1.807) is 31.2 Å². The molecule has 0 bridgehead atoms. The van der Waals surface area contributed by atoms with Crippen LogP contribution in [0.2, 0.25) is 0 Å². The summed E-state index contributed by atoms with van der Waals surface area (Å²) in [6.07, 6.45) is 1.47. The van der Waals surface area contributed by atoms with E-state index in [2.05, 4.69) is 4.98 Å². The van der Waals surface area contributed by atoms with Crippen LogP contribution in [0.25, 0.3) is 10.8 Å². The summed E-state index contributed by atoms with van der Waals surface area (Å²) in [5, 5.41) is 0.884. The molecule has 0 saturated heterocycles. The molecule has 2 aromatic carbocycles. The van der Waals surface area contributed by atoms with Gasteiger partial charge < -0.3 is 15.5 Å². The number of nitrogens with one attached hydrogen (secondary N) is 1. The summed E-state index contributed by atoms with van der Waals surface area (Å²) in [4.78, 5) is 27.5. The Kier molecular flexibility index (Phi) is 4.37. The van der Waals surface area contributed by atoms with E-state index in [1.165, 1.54) is 25.4 Å². The topological polar surface area (TPSA) is 85.2 Å². The van der Waals surface area contributed by atoms with Crippen molar-refractivity contribution in [3.8, 4) is 5.75 Å². The second kappa shape index (κ2) is 6.49. The SMILES string of the molecule is COc1c(C(=O)c2cccc3c(=O)[nH]ccc23)ccc(C(C)N)c1F. The van der Waals surface area contributed by atoms with E-state index in [4.69, 9.17) is 10.5 Å². The molecule has 0 saturated carbocycles. The number of ether oxygens (including phenoxy) is 1. The molecule has 128 valence electrons. The Morgan fingerprint density at radius 3 is 2.60 bits per heavy atom. The number of ketones is 1. The molecule has 0 amide bonds. The van der Waals surface area contributed by atoms with Crippen molar-refractivity contribution in [2.45, 2.75) is 13.0 Å². The minimum atomic E-state index is -0.651. The van der Waals surface area contributed by atoms with Crippen LogP contribution >= 0.6 is 0 Å². The van der Waals surface area contributed by atoms with Gasteiger partial charge in [-0.25, -0.2) is 4.39 Å². The molecule has 0 radical (unpaired) electrons. The number of aromatic nitrogens is 1. The molecule has 0 aliphatic rings. The van der Waals surface area contributed by atoms with Gasteiger partial charge in [-0.3, -0.25) is 9.59 Å². The zero-order valence-corrected chi connectivity index (χ0v) is 13.8. The van der Waals surface area contributed by atoms with Crippen LogP contribution < -0.4 is 16.0 Å². The van der Waals surface area contributed by atoms with Gasteiger partial charge in [-0.1, -0.05) is 18.2 Å². The van der Waals surface area contributed by atoms with Gasteiger partial charge in [0.1, 0.15) is 0 Å². The first-order valence-corrected chi connectivity index (χ1v) is 7.72. The number of fused-ring (bicyclic) bond motifs is 1. The number of carbonyl (C=O) groups is 1. The van der Waals surface area contributed by atoms with Crippen molar-refractivity contribution in [1.29, 1.82) is 0 Å². The lowest BCUT2D eigenvalue weighted by molar-refractivity contribution is 0.103. The molecule has 6 heteroatoms. The highest BCUT2D eigenvalue weighted by Crippen LogP contribution is 2.31. The van der Waals surface area contributed by atoms with Gasteiger partial charge in [0.2, 0.25) is 0 Å². The van der Waals surface area contributed by atoms with E-state index in [0.717, 1.165) is 0 Å². The van der Waals surface area contributed by atoms with Crippen molar-refractivity contribution in [2.24, 2.45) is 5.73 Å². The predicted octanol–water partition coefficient (Wildman–Crippen LogP) is 2.93. The Balaban J connectivity index is 2.22. The first-order chi connectivity index (χ1) is 12.0. The van der Waals surface area contributed by atoms with E-state index >= 15 is 0 Å². The molecule has 25 heavy (non-hydrogen) atoms. The molecule has 1 heterocycles. The van der Waals surface area contributed by atoms with Gasteiger partial charge in [0.15, 0.2) is 17.3 Å². The number of H-pyrrole nitrogens is 1. The van der Waals surface area contributed by atoms with Crippen LogP contribution in [0.4, 0.5) is 4.39 Å². The van der Waals surface area contributed by atoms with Crippen LogP contribution in [0, 0.1) is 5.82 Å². The maximum Gasteiger partial charge on any atom is 0.255 e. The molecule has 0 aliphatic carbocycles. The first kappa shape index (κ1) is 16.9. The number of methoxy groups -OCH3 is 1. The molecule has 0 fully saturated rings. The van der Waals surface area contributed by atoms with Gasteiger partial charge in [0.05, 0.1) is 12.7 Å². The number of halogens is 1. The fourth-order valence-corrected chi connectivity index (χ4v) is 2.87. The van der Waals surface area contributed by atoms with Gasteiger partial charge in [0.25, 0.3) is 5.56 Å². The molecular weight excluding hydrogens is 323 g/mol. The van der Waals surface area contributed by atoms with Crippen molar-refractivity contribution in [3.05, 3.63) is 75.5 Å². The van der Waals surface area contributed by atoms with Crippen LogP contribution in [-0.4, -0.2) is 17.9 Å². The highest BCUT2D eigenvalue weighted by molar-refractivity contribution is 6.17. The van der Waals surface area contributed by atoms with Gasteiger partial charge in [0, 0.05) is 28.8 Å². The van der Waals surface area contributed by atoms with Crippen LogP contribution in [0.5, 0.6) is 5.75 Å². The monoisotopic (exact) mass is 340 g/mol. The van der Waals surface area contributed by atoms with Gasteiger partial charge in [-0.15, -0.1) is 0 Å². The summed E-state index contributed by atoms with van der Waals surface area (Å²) in [7, 11) is 1.30. The number of hydrogen-bond acceptors (Lipinski definition) is 4. The molecule has 0 spiro atoms. The quantitative estimate of drug-likeness (QED) is 0.715. The molecular formula is C19H17FN2O3. The number of nitrogens with two attached hydrogens (primary N) is 1. The lowest BCUT2D eigenvalue weighted by Gasteiger charge is -2.14. The lowest BCUT2D eigenvalue weighted by Crippen LogP contribution is -2.13. The van der Waals surface area contributed by atoms with Crippen LogP contribution in [0.15, 0.2) is 47.4 Å². The average molecular weight is 340 g/mol. The highest BCUT2D eigenvalue weighted by atomic mass is 19.1. The van der Waals surface area contributed by atoms with Crippen molar-refractivity contribution in [3.63, 3.8) is 0 Å². The second-order valence-corrected chi connectivity index (χ2v) is 5.74. The zero-order valence-electron chi connectivity index (χ0n) is 13.8. The Hall–Kier alpha value is -2.99. The Bertz CT molecular complexity index is 1020. The number of rotatable bonds is 4. The van der Waals surface area contributed by atoms with Crippen molar-refractivity contribution < 1.29 is 13.9 Å². The number of aromatic amines is 1. The predicted molar refractivity (Wildman–Crippen MR) is 93.6 cm³/mol. The Morgan fingerprint density at radius 2 is 1.92 bits per heavy atom. The fraction of sp³-hybridized carbons (Fsp3) is 0.158. The van der Waals surface area contributed by atoms with E-state index in [1.807, 2.05) is 0 Å². The smallest absolute Gasteiger partial charge is 0.255 e. The highest BCUT2D eigenvalue weighted by Gasteiger charge is 2.23. The van der Waals surface area contributed by atoms with Crippen molar-refractivity contribution >= 4 is 16.6 Å². The maximum absolute atomic E-state index is 14.6. The van der Waals surface area contributed by atoms with E-state index in [-0.39, 0.29) is 22.4 Å². The zero-order chi connectivity index (χ0) is 18.1. The van der Waals surface area contributed by atoms with Crippen molar-refractivity contribution in [1.82, 2.24) is 4.98 Å². The number of hydrogen-bond donors (Lipinski definition) is 2. The largest absolute Gasteiger partial charge is 0.493 e. The molecule has 0 aliphatic heterocycles. The van der Waals surface area contributed by atoms with Crippen LogP contribution in [0.3, 0.4) is 0 Å². The molecule has 3 rings (SSSR count). The number of benzene rings is 2. The summed E-state index contributed by atoms with van der Waals surface area (Å²) in [6.45, 7) is 1.65. The summed E-state index contributed by atoms with van der Waals surface area (Å²) in [5.41, 5.74) is 6.10. The number of carbonyl (C=O) groups excluding carboxylic acids is 1. The maximum atomic E-state index is 14.6. The summed E-state index contributed by atoms with van der Waals surface area (Å²) in [5.74, 6) is -1.23. The van der Waals surface area contributed by atoms with Gasteiger partial charge in [-0.05, 0) is 30.5 Å². The first-order valence-electron chi connectivity index (χ1n) is 7.72. The molecule has 1 unspecified atom stereocenters. The normalized spacial score (nSPS) is 12.2. The fourth-order valence-electron chi connectivity index (χ4n) is 2.87. The molecule has 3 aromatic rings. The second-order valence-electron chi connectivity index (χ2n) is 5.74. The van der Waals surface area contributed by atoms with Gasteiger partial charge >= 0.3 is 0 Å². The third-order valence-electron chi connectivity index (χ3n) is 4.13. The summed E-state index contributed by atoms with van der Waals surface area (Å²) >= 11 is 0. The number of pyridine rings is 1. The third kappa shape index (κ3) is 2.81. The third-order valence-corrected chi connectivity index (χ3v) is 4.13. The molecule has 1 aromatic heterocycles.